The Bertz CT molecular complexity index is 457. The molecule has 0 aliphatic carbocycles. The SMILES string of the molecule is CC(C)(C)C1CCCN(c2c(F)cc(N)cc2F)CC1. The average molecular weight is 282 g/mol. The first kappa shape index (κ1) is 15.1. The van der Waals surface area contributed by atoms with Crippen molar-refractivity contribution in [3.8, 4) is 0 Å². The molecule has 0 aromatic heterocycles. The van der Waals surface area contributed by atoms with Crippen LogP contribution in [-0.4, -0.2) is 13.1 Å². The summed E-state index contributed by atoms with van der Waals surface area (Å²) >= 11 is 0. The van der Waals surface area contributed by atoms with E-state index in [9.17, 15) is 8.78 Å². The quantitative estimate of drug-likeness (QED) is 0.782. The number of nitrogens with zero attached hydrogens (tertiary/aromatic N) is 1. The van der Waals surface area contributed by atoms with E-state index in [0.717, 1.165) is 19.3 Å². The van der Waals surface area contributed by atoms with Gasteiger partial charge in [-0.15, -0.1) is 0 Å². The second-order valence-electron chi connectivity index (χ2n) is 6.81. The lowest BCUT2D eigenvalue weighted by Gasteiger charge is -2.30. The number of nitrogens with two attached hydrogens (primary N) is 1. The lowest BCUT2D eigenvalue weighted by molar-refractivity contribution is 0.220. The van der Waals surface area contributed by atoms with Crippen molar-refractivity contribution in [2.24, 2.45) is 11.3 Å². The highest BCUT2D eigenvalue weighted by molar-refractivity contribution is 5.55. The lowest BCUT2D eigenvalue weighted by atomic mass is 9.77. The number of halogens is 2. The summed E-state index contributed by atoms with van der Waals surface area (Å²) in [6, 6.07) is 2.40. The topological polar surface area (TPSA) is 29.3 Å². The fourth-order valence-corrected chi connectivity index (χ4v) is 3.07. The fraction of sp³-hybridized carbons (Fsp3) is 0.625. The number of anilines is 2. The van der Waals surface area contributed by atoms with Gasteiger partial charge in [0.15, 0.2) is 11.6 Å². The van der Waals surface area contributed by atoms with E-state index < -0.39 is 11.6 Å². The van der Waals surface area contributed by atoms with Crippen molar-refractivity contribution in [3.05, 3.63) is 23.8 Å². The van der Waals surface area contributed by atoms with E-state index in [-0.39, 0.29) is 16.8 Å². The van der Waals surface area contributed by atoms with Crippen LogP contribution in [0.25, 0.3) is 0 Å². The molecule has 0 radical (unpaired) electrons. The minimum atomic E-state index is -0.559. The summed E-state index contributed by atoms with van der Waals surface area (Å²) < 4.78 is 28.0. The first-order valence-corrected chi connectivity index (χ1v) is 7.28. The summed E-state index contributed by atoms with van der Waals surface area (Å²) in [6.45, 7) is 8.09. The van der Waals surface area contributed by atoms with Crippen molar-refractivity contribution < 1.29 is 8.78 Å². The summed E-state index contributed by atoms with van der Waals surface area (Å²) in [5, 5.41) is 0. The molecule has 1 saturated heterocycles. The molecule has 2 nitrogen and oxygen atoms in total. The van der Waals surface area contributed by atoms with Crippen LogP contribution in [0.1, 0.15) is 40.0 Å². The number of rotatable bonds is 1. The van der Waals surface area contributed by atoms with Crippen molar-refractivity contribution >= 4 is 11.4 Å². The van der Waals surface area contributed by atoms with Crippen molar-refractivity contribution in [2.45, 2.75) is 40.0 Å². The Balaban J connectivity index is 2.19. The Kier molecular flexibility index (Phi) is 4.21. The molecule has 1 fully saturated rings. The number of hydrogen-bond acceptors (Lipinski definition) is 2. The van der Waals surface area contributed by atoms with Crippen LogP contribution in [0.15, 0.2) is 12.1 Å². The van der Waals surface area contributed by atoms with Gasteiger partial charge >= 0.3 is 0 Å². The first-order valence-electron chi connectivity index (χ1n) is 7.28. The maximum atomic E-state index is 14.0. The maximum absolute atomic E-state index is 14.0. The summed E-state index contributed by atoms with van der Waals surface area (Å²) in [6.07, 6.45) is 3.04. The molecule has 112 valence electrons. The third-order valence-electron chi connectivity index (χ3n) is 4.31. The lowest BCUT2D eigenvalue weighted by Crippen LogP contribution is -2.27. The Morgan fingerprint density at radius 1 is 1.10 bits per heavy atom. The Hall–Kier alpha value is -1.32. The third kappa shape index (κ3) is 3.22. The molecule has 0 amide bonds. The molecule has 1 atom stereocenters. The van der Waals surface area contributed by atoms with Gasteiger partial charge in [-0.25, -0.2) is 8.78 Å². The molecular weight excluding hydrogens is 258 g/mol. The Morgan fingerprint density at radius 3 is 2.25 bits per heavy atom. The van der Waals surface area contributed by atoms with Gasteiger partial charge in [0, 0.05) is 18.8 Å². The van der Waals surface area contributed by atoms with Gasteiger partial charge in [0.2, 0.25) is 0 Å². The molecule has 1 unspecified atom stereocenters. The average Bonchev–Trinajstić information content (AvgIpc) is 2.52. The first-order chi connectivity index (χ1) is 9.29. The van der Waals surface area contributed by atoms with Crippen LogP contribution >= 0.6 is 0 Å². The van der Waals surface area contributed by atoms with Crippen molar-refractivity contribution in [2.75, 3.05) is 23.7 Å². The summed E-state index contributed by atoms with van der Waals surface area (Å²) in [5.41, 5.74) is 5.92. The van der Waals surface area contributed by atoms with Gasteiger partial charge in [-0.1, -0.05) is 20.8 Å². The molecular formula is C16H24F2N2. The zero-order chi connectivity index (χ0) is 14.9. The molecule has 1 aromatic rings. The van der Waals surface area contributed by atoms with Crippen LogP contribution in [0, 0.1) is 23.0 Å². The molecule has 0 bridgehead atoms. The molecule has 2 N–H and O–H groups in total. The van der Waals surface area contributed by atoms with E-state index in [1.165, 1.54) is 12.1 Å². The highest BCUT2D eigenvalue weighted by Gasteiger charge is 2.28. The summed E-state index contributed by atoms with van der Waals surface area (Å²) in [5.74, 6) is -0.527. The summed E-state index contributed by atoms with van der Waals surface area (Å²) in [7, 11) is 0. The van der Waals surface area contributed by atoms with Gasteiger partial charge in [-0.2, -0.15) is 0 Å². The van der Waals surface area contributed by atoms with Gasteiger partial charge in [0.1, 0.15) is 5.69 Å². The zero-order valence-corrected chi connectivity index (χ0v) is 12.5. The molecule has 1 aliphatic heterocycles. The monoisotopic (exact) mass is 282 g/mol. The normalized spacial score (nSPS) is 20.9. The Morgan fingerprint density at radius 2 is 1.70 bits per heavy atom. The van der Waals surface area contributed by atoms with E-state index in [2.05, 4.69) is 20.8 Å². The minimum absolute atomic E-state index is 0.0776. The summed E-state index contributed by atoms with van der Waals surface area (Å²) in [4.78, 5) is 1.83. The molecule has 1 aromatic carbocycles. The van der Waals surface area contributed by atoms with E-state index >= 15 is 0 Å². The van der Waals surface area contributed by atoms with Gasteiger partial charge in [-0.3, -0.25) is 0 Å². The molecule has 20 heavy (non-hydrogen) atoms. The molecule has 0 spiro atoms. The van der Waals surface area contributed by atoms with E-state index in [4.69, 9.17) is 5.73 Å². The zero-order valence-electron chi connectivity index (χ0n) is 12.5. The van der Waals surface area contributed by atoms with Crippen molar-refractivity contribution in [1.29, 1.82) is 0 Å². The fourth-order valence-electron chi connectivity index (χ4n) is 3.07. The van der Waals surface area contributed by atoms with Gasteiger partial charge in [0.25, 0.3) is 0 Å². The molecule has 2 rings (SSSR count). The van der Waals surface area contributed by atoms with Crippen LogP contribution < -0.4 is 10.6 Å². The second kappa shape index (κ2) is 5.58. The van der Waals surface area contributed by atoms with Crippen LogP contribution in [0.3, 0.4) is 0 Å². The largest absolute Gasteiger partial charge is 0.399 e. The number of hydrogen-bond donors (Lipinski definition) is 1. The van der Waals surface area contributed by atoms with Crippen LogP contribution in [0.5, 0.6) is 0 Å². The minimum Gasteiger partial charge on any atom is -0.399 e. The molecule has 4 heteroatoms. The highest BCUT2D eigenvalue weighted by atomic mass is 19.1. The van der Waals surface area contributed by atoms with E-state index in [0.29, 0.717) is 19.0 Å². The van der Waals surface area contributed by atoms with Gasteiger partial charge in [-0.05, 0) is 42.7 Å². The van der Waals surface area contributed by atoms with Crippen LogP contribution in [0.4, 0.5) is 20.2 Å². The highest BCUT2D eigenvalue weighted by Crippen LogP contribution is 2.36. The Labute approximate surface area is 120 Å². The third-order valence-corrected chi connectivity index (χ3v) is 4.31. The van der Waals surface area contributed by atoms with Gasteiger partial charge in [0.05, 0.1) is 0 Å². The predicted molar refractivity (Wildman–Crippen MR) is 79.8 cm³/mol. The smallest absolute Gasteiger partial charge is 0.151 e. The van der Waals surface area contributed by atoms with Crippen LogP contribution in [0.2, 0.25) is 0 Å². The molecule has 1 heterocycles. The van der Waals surface area contributed by atoms with Gasteiger partial charge < -0.3 is 10.6 Å². The van der Waals surface area contributed by atoms with E-state index in [1.807, 2.05) is 4.90 Å². The standard InChI is InChI=1S/C16H24F2N2/c1-16(2,3)11-5-4-7-20(8-6-11)15-13(17)9-12(19)10-14(15)18/h9-11H,4-8,19H2,1-3H3. The van der Waals surface area contributed by atoms with E-state index in [1.54, 1.807) is 0 Å². The maximum Gasteiger partial charge on any atom is 0.151 e. The van der Waals surface area contributed by atoms with Crippen molar-refractivity contribution in [1.82, 2.24) is 0 Å². The second-order valence-corrected chi connectivity index (χ2v) is 6.81. The molecule has 0 saturated carbocycles. The van der Waals surface area contributed by atoms with Crippen molar-refractivity contribution in [3.63, 3.8) is 0 Å². The number of nitrogen functional groups attached to an aromatic ring is 1. The molecule has 1 aliphatic rings. The predicted octanol–water partition coefficient (Wildman–Crippen LogP) is 4.20. The van der Waals surface area contributed by atoms with Crippen LogP contribution in [-0.2, 0) is 0 Å². The number of benzene rings is 1.